The molecular weight excluding hydrogens is 480 g/mol. The van der Waals surface area contributed by atoms with E-state index in [9.17, 15) is 0 Å². The van der Waals surface area contributed by atoms with Crippen LogP contribution < -0.4 is 0 Å². The zero-order valence-corrected chi connectivity index (χ0v) is 22.0. The Morgan fingerprint density at radius 1 is 0.250 bits per heavy atom. The molecule has 0 unspecified atom stereocenters. The Balaban J connectivity index is 1.52. The molecule has 0 aliphatic heterocycles. The molecular formula is C40H26. The lowest BCUT2D eigenvalue weighted by molar-refractivity contribution is 1.61. The third-order valence-corrected chi connectivity index (χ3v) is 8.25. The predicted molar refractivity (Wildman–Crippen MR) is 173 cm³/mol. The maximum absolute atomic E-state index is 2.34. The molecule has 0 fully saturated rings. The van der Waals surface area contributed by atoms with Crippen LogP contribution in [-0.4, -0.2) is 0 Å². The summed E-state index contributed by atoms with van der Waals surface area (Å²) < 4.78 is 0. The Morgan fingerprint density at radius 3 is 1.52 bits per heavy atom. The van der Waals surface area contributed by atoms with Gasteiger partial charge in [-0.2, -0.15) is 0 Å². The van der Waals surface area contributed by atoms with Crippen LogP contribution in [-0.2, 0) is 0 Å². The van der Waals surface area contributed by atoms with Crippen molar-refractivity contribution >= 4 is 43.1 Å². The van der Waals surface area contributed by atoms with Gasteiger partial charge < -0.3 is 0 Å². The monoisotopic (exact) mass is 506 g/mol. The van der Waals surface area contributed by atoms with Gasteiger partial charge in [-0.1, -0.05) is 158 Å². The van der Waals surface area contributed by atoms with Crippen molar-refractivity contribution in [3.63, 3.8) is 0 Å². The van der Waals surface area contributed by atoms with E-state index in [-0.39, 0.29) is 0 Å². The molecule has 0 amide bonds. The molecule has 0 heterocycles. The average Bonchev–Trinajstić information content (AvgIpc) is 3.04. The number of hydrogen-bond donors (Lipinski definition) is 0. The summed E-state index contributed by atoms with van der Waals surface area (Å²) in [5.74, 6) is 0. The Labute approximate surface area is 233 Å². The highest BCUT2D eigenvalue weighted by Gasteiger charge is 2.19. The first-order valence-electron chi connectivity index (χ1n) is 13.9. The fourth-order valence-corrected chi connectivity index (χ4v) is 6.44. The topological polar surface area (TPSA) is 0 Å². The molecule has 0 nitrogen and oxygen atoms in total. The van der Waals surface area contributed by atoms with Gasteiger partial charge in [0.25, 0.3) is 0 Å². The fraction of sp³-hybridized carbons (Fsp3) is 0. The number of fused-ring (bicyclic) bond motifs is 5. The van der Waals surface area contributed by atoms with Crippen LogP contribution in [0.2, 0.25) is 0 Å². The minimum atomic E-state index is 1.23. The molecule has 0 saturated heterocycles. The number of benzene rings is 8. The second kappa shape index (κ2) is 9.22. The summed E-state index contributed by atoms with van der Waals surface area (Å²) in [7, 11) is 0. The van der Waals surface area contributed by atoms with Gasteiger partial charge in [-0.3, -0.25) is 0 Å². The quantitative estimate of drug-likeness (QED) is 0.165. The highest BCUT2D eigenvalue weighted by Crippen LogP contribution is 2.47. The van der Waals surface area contributed by atoms with Gasteiger partial charge in [0.05, 0.1) is 0 Å². The number of hydrogen-bond acceptors (Lipinski definition) is 0. The van der Waals surface area contributed by atoms with Crippen LogP contribution in [0.4, 0.5) is 0 Å². The molecule has 8 aromatic carbocycles. The average molecular weight is 507 g/mol. The van der Waals surface area contributed by atoms with Crippen molar-refractivity contribution in [1.82, 2.24) is 0 Å². The van der Waals surface area contributed by atoms with Crippen LogP contribution >= 0.6 is 0 Å². The van der Waals surface area contributed by atoms with Crippen molar-refractivity contribution in [2.75, 3.05) is 0 Å². The van der Waals surface area contributed by atoms with Crippen LogP contribution in [0.15, 0.2) is 158 Å². The Kier molecular flexibility index (Phi) is 5.24. The van der Waals surface area contributed by atoms with Crippen LogP contribution in [0.1, 0.15) is 0 Å². The Morgan fingerprint density at radius 2 is 0.775 bits per heavy atom. The molecule has 0 aliphatic rings. The normalized spacial score (nSPS) is 11.5. The van der Waals surface area contributed by atoms with E-state index >= 15 is 0 Å². The van der Waals surface area contributed by atoms with Crippen LogP contribution in [0.25, 0.3) is 76.5 Å². The van der Waals surface area contributed by atoms with Gasteiger partial charge >= 0.3 is 0 Å². The van der Waals surface area contributed by atoms with Gasteiger partial charge in [0.1, 0.15) is 0 Å². The standard InChI is InChI=1S/C40H26/c1-2-11-27(12-3-1)28-21-23-31(24-22-28)38-35-18-8-9-19-36(35)39(34-20-10-15-29-13-4-6-16-32(29)34)37-26-25-30-14-5-7-17-33(30)40(37)38/h1-26H. The Bertz CT molecular complexity index is 2180. The van der Waals surface area contributed by atoms with Crippen molar-refractivity contribution in [3.8, 4) is 33.4 Å². The van der Waals surface area contributed by atoms with Crippen LogP contribution in [0, 0.1) is 0 Å². The molecule has 8 aromatic rings. The van der Waals surface area contributed by atoms with Gasteiger partial charge in [0, 0.05) is 0 Å². The van der Waals surface area contributed by atoms with Crippen LogP contribution in [0.5, 0.6) is 0 Å². The summed E-state index contributed by atoms with van der Waals surface area (Å²) >= 11 is 0. The minimum absolute atomic E-state index is 1.23. The lowest BCUT2D eigenvalue weighted by Gasteiger charge is -2.20. The van der Waals surface area contributed by atoms with Crippen molar-refractivity contribution in [2.24, 2.45) is 0 Å². The first kappa shape index (κ1) is 22.8. The predicted octanol–water partition coefficient (Wildman–Crippen LogP) is 11.3. The van der Waals surface area contributed by atoms with Crippen molar-refractivity contribution in [2.45, 2.75) is 0 Å². The summed E-state index contributed by atoms with van der Waals surface area (Å²) in [6, 6.07) is 57.5. The third kappa shape index (κ3) is 3.54. The van der Waals surface area contributed by atoms with Gasteiger partial charge in [0.15, 0.2) is 0 Å². The lowest BCUT2D eigenvalue weighted by Crippen LogP contribution is -1.93. The largest absolute Gasteiger partial charge is 0.0622 e. The molecule has 40 heavy (non-hydrogen) atoms. The van der Waals surface area contributed by atoms with Crippen LogP contribution in [0.3, 0.4) is 0 Å². The second-order valence-corrected chi connectivity index (χ2v) is 10.5. The summed E-state index contributed by atoms with van der Waals surface area (Å²) in [5.41, 5.74) is 7.58. The molecule has 0 radical (unpaired) electrons. The highest BCUT2D eigenvalue weighted by molar-refractivity contribution is 6.29. The van der Waals surface area contributed by atoms with E-state index in [4.69, 9.17) is 0 Å². The van der Waals surface area contributed by atoms with E-state index in [0.717, 1.165) is 0 Å². The summed E-state index contributed by atoms with van der Waals surface area (Å²) in [4.78, 5) is 0. The molecule has 8 rings (SSSR count). The van der Waals surface area contributed by atoms with Gasteiger partial charge in [0.2, 0.25) is 0 Å². The summed E-state index contributed by atoms with van der Waals surface area (Å²) in [6.07, 6.45) is 0. The molecule has 186 valence electrons. The van der Waals surface area contributed by atoms with Crippen molar-refractivity contribution in [1.29, 1.82) is 0 Å². The van der Waals surface area contributed by atoms with E-state index in [1.165, 1.54) is 76.5 Å². The zero-order chi connectivity index (χ0) is 26.5. The summed E-state index contributed by atoms with van der Waals surface area (Å²) in [6.45, 7) is 0. The zero-order valence-electron chi connectivity index (χ0n) is 22.0. The summed E-state index contributed by atoms with van der Waals surface area (Å²) in [5, 5.41) is 10.3. The van der Waals surface area contributed by atoms with Crippen molar-refractivity contribution in [3.05, 3.63) is 158 Å². The molecule has 0 N–H and O–H groups in total. The van der Waals surface area contributed by atoms with Crippen molar-refractivity contribution < 1.29 is 0 Å². The first-order valence-corrected chi connectivity index (χ1v) is 13.9. The maximum atomic E-state index is 2.34. The smallest absolute Gasteiger partial charge is 0.00141 e. The maximum Gasteiger partial charge on any atom is -0.00141 e. The van der Waals surface area contributed by atoms with Gasteiger partial charge in [-0.05, 0) is 76.5 Å². The van der Waals surface area contributed by atoms with E-state index in [0.29, 0.717) is 0 Å². The minimum Gasteiger partial charge on any atom is -0.0622 e. The van der Waals surface area contributed by atoms with Gasteiger partial charge in [-0.15, -0.1) is 0 Å². The molecule has 0 aromatic heterocycles. The number of rotatable bonds is 3. The second-order valence-electron chi connectivity index (χ2n) is 10.5. The van der Waals surface area contributed by atoms with E-state index in [1.54, 1.807) is 0 Å². The molecule has 0 aliphatic carbocycles. The van der Waals surface area contributed by atoms with E-state index < -0.39 is 0 Å². The molecule has 0 saturated carbocycles. The Hall–Kier alpha value is -5.20. The first-order chi connectivity index (χ1) is 19.9. The SMILES string of the molecule is c1ccc(-c2ccc(-c3c4ccccc4c(-c4cccc5ccccc45)c4ccc5ccccc5c34)cc2)cc1. The fourth-order valence-electron chi connectivity index (χ4n) is 6.44. The van der Waals surface area contributed by atoms with E-state index in [2.05, 4.69) is 158 Å². The third-order valence-electron chi connectivity index (χ3n) is 8.25. The molecule has 0 spiro atoms. The highest BCUT2D eigenvalue weighted by atomic mass is 14.2. The lowest BCUT2D eigenvalue weighted by atomic mass is 9.83. The molecule has 0 heteroatoms. The molecule has 0 atom stereocenters. The van der Waals surface area contributed by atoms with E-state index in [1.807, 2.05) is 0 Å². The van der Waals surface area contributed by atoms with Gasteiger partial charge in [-0.25, -0.2) is 0 Å². The molecule has 0 bridgehead atoms.